The molecule has 0 fully saturated rings. The maximum absolute atomic E-state index is 12.5. The van der Waals surface area contributed by atoms with Gasteiger partial charge in [-0.05, 0) is 74.8 Å². The van der Waals surface area contributed by atoms with Crippen LogP contribution < -0.4 is 5.73 Å². The number of ether oxygens (including phenoxy) is 1. The number of aromatic nitrogens is 3. The van der Waals surface area contributed by atoms with Gasteiger partial charge in [0.1, 0.15) is 12.1 Å². The second-order valence-electron chi connectivity index (χ2n) is 6.18. The molecule has 2 aromatic rings. The lowest BCUT2D eigenvalue weighted by Crippen LogP contribution is -2.12. The zero-order chi connectivity index (χ0) is 20.9. The zero-order valence-electron chi connectivity index (χ0n) is 16.2. The van der Waals surface area contributed by atoms with Gasteiger partial charge in [-0.1, -0.05) is 6.92 Å². The first kappa shape index (κ1) is 21.3. The average molecular weight is 392 g/mol. The van der Waals surface area contributed by atoms with Crippen molar-refractivity contribution in [3.8, 4) is 11.4 Å². The molecule has 8 heteroatoms. The third-order valence-electron chi connectivity index (χ3n) is 4.16. The van der Waals surface area contributed by atoms with Crippen molar-refractivity contribution in [1.82, 2.24) is 14.8 Å². The van der Waals surface area contributed by atoms with Crippen LogP contribution >= 0.6 is 0 Å². The van der Waals surface area contributed by atoms with Gasteiger partial charge in [-0.3, -0.25) is 0 Å². The molecule has 0 spiro atoms. The molecule has 0 aliphatic rings. The summed E-state index contributed by atoms with van der Waals surface area (Å²) in [5, 5.41) is 4.47. The number of nitrogens with zero attached hydrogens (tertiary/aromatic N) is 3. The minimum Gasteiger partial charge on any atom is -0.406 e. The number of halogens is 3. The van der Waals surface area contributed by atoms with Crippen molar-refractivity contribution in [2.45, 2.75) is 40.5 Å². The van der Waals surface area contributed by atoms with E-state index in [4.69, 9.17) is 5.73 Å². The minimum absolute atomic E-state index is 0.302. The third-order valence-corrected chi connectivity index (χ3v) is 4.16. The summed E-state index contributed by atoms with van der Waals surface area (Å²) in [5.74, 6) is 0.194. The molecule has 0 bridgehead atoms. The summed E-state index contributed by atoms with van der Waals surface area (Å²) in [5.41, 5.74) is 9.79. The summed E-state index contributed by atoms with van der Waals surface area (Å²) in [7, 11) is 0. The summed E-state index contributed by atoms with van der Waals surface area (Å²) >= 11 is 0. The van der Waals surface area contributed by atoms with Crippen LogP contribution in [0.2, 0.25) is 0 Å². The number of allylic oxidation sites excluding steroid dienone is 5. The van der Waals surface area contributed by atoms with Crippen molar-refractivity contribution in [3.63, 3.8) is 0 Å². The number of alkyl halides is 3. The molecule has 5 nitrogen and oxygen atoms in total. The van der Waals surface area contributed by atoms with Crippen molar-refractivity contribution in [3.05, 3.63) is 59.7 Å². The Morgan fingerprint density at radius 2 is 2.00 bits per heavy atom. The normalized spacial score (nSPS) is 13.8. The van der Waals surface area contributed by atoms with Gasteiger partial charge in [-0.15, -0.1) is 18.3 Å². The van der Waals surface area contributed by atoms with Gasteiger partial charge < -0.3 is 10.5 Å². The summed E-state index contributed by atoms with van der Waals surface area (Å²) in [6.45, 7) is 7.20. The molecule has 0 radical (unpaired) electrons. The van der Waals surface area contributed by atoms with Crippen LogP contribution in [0.3, 0.4) is 0 Å². The molecule has 0 unspecified atom stereocenters. The molecule has 150 valence electrons. The maximum atomic E-state index is 12.5. The maximum Gasteiger partial charge on any atom is 0.573 e. The van der Waals surface area contributed by atoms with E-state index in [-0.39, 0.29) is 5.76 Å². The Morgan fingerprint density at radius 1 is 1.29 bits per heavy atom. The van der Waals surface area contributed by atoms with Gasteiger partial charge in [0.15, 0.2) is 5.82 Å². The Morgan fingerprint density at radius 3 is 2.57 bits per heavy atom. The van der Waals surface area contributed by atoms with Crippen molar-refractivity contribution >= 4 is 11.4 Å². The molecule has 28 heavy (non-hydrogen) atoms. The highest BCUT2D eigenvalue weighted by molar-refractivity contribution is 5.64. The summed E-state index contributed by atoms with van der Waals surface area (Å²) in [6, 6.07) is 5.49. The Hall–Kier alpha value is -3.03. The molecule has 0 saturated heterocycles. The number of aryl methyl sites for hydroxylation is 1. The molecular formula is C20H23F3N4O. The Labute approximate surface area is 162 Å². The average Bonchev–Trinajstić information content (AvgIpc) is 3.11. The topological polar surface area (TPSA) is 66.0 Å². The van der Waals surface area contributed by atoms with E-state index in [0.29, 0.717) is 23.6 Å². The number of hydrogen-bond acceptors (Lipinski definition) is 4. The number of hydrogen-bond donors (Lipinski definition) is 1. The highest BCUT2D eigenvalue weighted by atomic mass is 19.4. The van der Waals surface area contributed by atoms with Gasteiger partial charge in [-0.2, -0.15) is 0 Å². The predicted molar refractivity (Wildman–Crippen MR) is 104 cm³/mol. The second kappa shape index (κ2) is 8.77. The van der Waals surface area contributed by atoms with Crippen LogP contribution in [0.25, 0.3) is 17.1 Å². The third kappa shape index (κ3) is 5.48. The lowest BCUT2D eigenvalue weighted by Gasteiger charge is -2.10. The van der Waals surface area contributed by atoms with Gasteiger partial charge in [0, 0.05) is 11.3 Å². The van der Waals surface area contributed by atoms with Crippen LogP contribution in [0.15, 0.2) is 54.1 Å². The highest BCUT2D eigenvalue weighted by Gasteiger charge is 2.31. The van der Waals surface area contributed by atoms with E-state index in [1.54, 1.807) is 6.07 Å². The fraction of sp³-hybridized carbons (Fsp3) is 0.300. The Kier molecular flexibility index (Phi) is 6.66. The van der Waals surface area contributed by atoms with Crippen LogP contribution in [0.4, 0.5) is 18.9 Å². The molecule has 0 saturated carbocycles. The van der Waals surface area contributed by atoms with Crippen LogP contribution in [-0.2, 0) is 4.74 Å². The molecule has 0 atom stereocenters. The molecule has 1 aromatic carbocycles. The molecular weight excluding hydrogens is 369 g/mol. The molecule has 1 heterocycles. The SMILES string of the molecule is C/C=C(\C=C/C(=C(C)CC)n1cnc(-c2ccc(N)c(C)c2)n1)OC(F)(F)F. The molecule has 2 N–H and O–H groups in total. The molecule has 0 aliphatic carbocycles. The van der Waals surface area contributed by atoms with Crippen LogP contribution in [0.1, 0.15) is 32.8 Å². The largest absolute Gasteiger partial charge is 0.573 e. The summed E-state index contributed by atoms with van der Waals surface area (Å²) in [6.07, 6.45) is 1.51. The summed E-state index contributed by atoms with van der Waals surface area (Å²) in [4.78, 5) is 4.32. The minimum atomic E-state index is -4.75. The summed E-state index contributed by atoms with van der Waals surface area (Å²) < 4.78 is 42.9. The van der Waals surface area contributed by atoms with E-state index >= 15 is 0 Å². The lowest BCUT2D eigenvalue weighted by molar-refractivity contribution is -0.303. The monoisotopic (exact) mass is 392 g/mol. The fourth-order valence-corrected chi connectivity index (χ4v) is 2.41. The van der Waals surface area contributed by atoms with Crippen molar-refractivity contribution < 1.29 is 17.9 Å². The first-order valence-corrected chi connectivity index (χ1v) is 8.73. The first-order chi connectivity index (χ1) is 13.1. The first-order valence-electron chi connectivity index (χ1n) is 8.73. The quantitative estimate of drug-likeness (QED) is 0.402. The number of nitrogens with two attached hydrogens (primary N) is 1. The van der Waals surface area contributed by atoms with Gasteiger partial charge >= 0.3 is 6.36 Å². The highest BCUT2D eigenvalue weighted by Crippen LogP contribution is 2.24. The van der Waals surface area contributed by atoms with Crippen molar-refractivity contribution in [2.75, 3.05) is 5.73 Å². The van der Waals surface area contributed by atoms with Crippen LogP contribution in [0, 0.1) is 6.92 Å². The molecule has 2 rings (SSSR count). The Bertz CT molecular complexity index is 924. The predicted octanol–water partition coefficient (Wildman–Crippen LogP) is 5.47. The van der Waals surface area contributed by atoms with E-state index < -0.39 is 6.36 Å². The van der Waals surface area contributed by atoms with Gasteiger partial charge in [0.05, 0.1) is 5.70 Å². The standard InChI is InChI=1S/C20H23F3N4O/c1-5-13(3)18(10-8-16(6-2)28-20(21,22)23)27-12-25-19(26-27)15-7-9-17(24)14(4)11-15/h6-12H,5,24H2,1-4H3/b10-8-,16-6+,18-13?. The molecule has 1 aromatic heterocycles. The number of nitrogen functional groups attached to an aromatic ring is 1. The van der Waals surface area contributed by atoms with E-state index in [1.807, 2.05) is 32.9 Å². The van der Waals surface area contributed by atoms with Gasteiger partial charge in [-0.25, -0.2) is 9.67 Å². The van der Waals surface area contributed by atoms with E-state index in [1.165, 1.54) is 36.2 Å². The number of rotatable bonds is 6. The van der Waals surface area contributed by atoms with Gasteiger partial charge in [0.25, 0.3) is 0 Å². The molecule has 0 amide bonds. The van der Waals surface area contributed by atoms with Crippen molar-refractivity contribution in [1.29, 1.82) is 0 Å². The van der Waals surface area contributed by atoms with E-state index in [0.717, 1.165) is 16.7 Å². The number of benzene rings is 1. The van der Waals surface area contributed by atoms with E-state index in [2.05, 4.69) is 14.8 Å². The van der Waals surface area contributed by atoms with Crippen molar-refractivity contribution in [2.24, 2.45) is 0 Å². The second-order valence-corrected chi connectivity index (χ2v) is 6.18. The van der Waals surface area contributed by atoms with Crippen LogP contribution in [-0.4, -0.2) is 21.1 Å². The lowest BCUT2D eigenvalue weighted by atomic mass is 10.1. The zero-order valence-corrected chi connectivity index (χ0v) is 16.2. The van der Waals surface area contributed by atoms with Gasteiger partial charge in [0.2, 0.25) is 0 Å². The molecule has 0 aliphatic heterocycles. The Balaban J connectivity index is 2.36. The smallest absolute Gasteiger partial charge is 0.406 e. The number of anilines is 1. The van der Waals surface area contributed by atoms with E-state index in [9.17, 15) is 13.2 Å². The van der Waals surface area contributed by atoms with Crippen LogP contribution in [0.5, 0.6) is 0 Å². The fourth-order valence-electron chi connectivity index (χ4n) is 2.41.